The Morgan fingerprint density at radius 1 is 1.11 bits per heavy atom. The van der Waals surface area contributed by atoms with E-state index in [1.165, 1.54) is 0 Å². The second-order valence-electron chi connectivity index (χ2n) is 14.3. The fourth-order valence-corrected chi connectivity index (χ4v) is 7.02. The van der Waals surface area contributed by atoms with Gasteiger partial charge in [-0.2, -0.15) is 5.10 Å². The number of carboxylic acids is 1. The molecule has 250 valence electrons. The number of hydrogen-bond acceptors (Lipinski definition) is 7. The zero-order chi connectivity index (χ0) is 33.7. The molecular formula is C36H45N5O6. The number of rotatable bonds is 5. The molecule has 47 heavy (non-hydrogen) atoms. The molecule has 2 aromatic heterocycles. The van der Waals surface area contributed by atoms with Crippen molar-refractivity contribution in [2.24, 2.45) is 17.8 Å². The predicted octanol–water partition coefficient (Wildman–Crippen LogP) is 4.97. The smallest absolute Gasteiger partial charge is 0.330 e. The number of aliphatic carboxylic acids is 1. The normalized spacial score (nSPS) is 27.4. The third kappa shape index (κ3) is 6.19. The van der Waals surface area contributed by atoms with Gasteiger partial charge in [-0.1, -0.05) is 32.9 Å². The highest BCUT2D eigenvalue weighted by Gasteiger charge is 2.61. The van der Waals surface area contributed by atoms with E-state index in [0.29, 0.717) is 42.2 Å². The maximum absolute atomic E-state index is 13.9. The zero-order valence-electron chi connectivity index (χ0n) is 28.1. The topological polar surface area (TPSA) is 136 Å². The van der Waals surface area contributed by atoms with E-state index < -0.39 is 35.4 Å². The first kappa shape index (κ1) is 32.5. The van der Waals surface area contributed by atoms with Gasteiger partial charge in [0.2, 0.25) is 11.8 Å². The first-order valence-corrected chi connectivity index (χ1v) is 16.5. The molecule has 5 atom stereocenters. The van der Waals surface area contributed by atoms with E-state index in [1.807, 2.05) is 49.5 Å². The highest BCUT2D eigenvalue weighted by molar-refractivity contribution is 5.94. The maximum Gasteiger partial charge on any atom is 0.330 e. The summed E-state index contributed by atoms with van der Waals surface area (Å²) in [5, 5.41) is 18.5. The van der Waals surface area contributed by atoms with E-state index in [-0.39, 0.29) is 23.7 Å². The Hall–Kier alpha value is -4.41. The lowest BCUT2D eigenvalue weighted by Crippen LogP contribution is -2.49. The molecule has 2 fully saturated rings. The predicted molar refractivity (Wildman–Crippen MR) is 177 cm³/mol. The summed E-state index contributed by atoms with van der Waals surface area (Å²) < 4.78 is 14.1. The fourth-order valence-electron chi connectivity index (χ4n) is 7.02. The molecule has 11 heteroatoms. The molecule has 11 nitrogen and oxygen atoms in total. The van der Waals surface area contributed by atoms with E-state index in [0.717, 1.165) is 35.9 Å². The summed E-state index contributed by atoms with van der Waals surface area (Å²) in [6.45, 7) is 8.84. The molecule has 3 aliphatic rings. The molecule has 1 aromatic carbocycles. The number of methoxy groups -OCH3 is 1. The molecule has 1 unspecified atom stereocenters. The van der Waals surface area contributed by atoms with Crippen LogP contribution in [0.5, 0.6) is 11.5 Å². The number of allylic oxidation sites excluding steroid dienone is 1. The second kappa shape index (κ2) is 12.3. The van der Waals surface area contributed by atoms with Gasteiger partial charge in [-0.25, -0.2) is 14.5 Å². The average Bonchev–Trinajstić information content (AvgIpc) is 3.33. The number of ether oxygens (including phenoxy) is 2. The lowest BCUT2D eigenvalue weighted by molar-refractivity contribution is -0.145. The van der Waals surface area contributed by atoms with Gasteiger partial charge < -0.3 is 24.8 Å². The summed E-state index contributed by atoms with van der Waals surface area (Å²) in [5.74, 6) is -1.38. The van der Waals surface area contributed by atoms with Gasteiger partial charge >= 0.3 is 5.97 Å². The van der Waals surface area contributed by atoms with Crippen LogP contribution in [0.1, 0.15) is 70.6 Å². The largest absolute Gasteiger partial charge is 0.496 e. The third-order valence-electron chi connectivity index (χ3n) is 10.0. The van der Waals surface area contributed by atoms with E-state index in [9.17, 15) is 19.5 Å². The van der Waals surface area contributed by atoms with Crippen molar-refractivity contribution in [3.63, 3.8) is 0 Å². The lowest BCUT2D eigenvalue weighted by atomic mass is 9.93. The SMILES string of the molecule is COc1ccc2c(O[C@H]3CC4C(=O)N(C)CCCC/C=C\[C@@H]5C[C@@]5(C(=O)O)NC(=O)[C@@H]4C3)cc(-n3ccc(C(C)(C)C)n3)nc2c1C. The number of carbonyl (C=O) groups excluding carboxylic acids is 2. The van der Waals surface area contributed by atoms with Crippen molar-refractivity contribution in [3.8, 4) is 17.3 Å². The number of aryl methyl sites for hydroxylation is 1. The average molecular weight is 644 g/mol. The monoisotopic (exact) mass is 643 g/mol. The Morgan fingerprint density at radius 2 is 1.87 bits per heavy atom. The van der Waals surface area contributed by atoms with Crippen molar-refractivity contribution in [2.45, 2.75) is 83.3 Å². The molecule has 0 radical (unpaired) electrons. The standard InChI is InChI=1S/C36H45N5O6/c1-21-27(46-6)13-12-24-28(19-30(37-31(21)24)41-16-14-29(39-41)35(2,3)4)47-23-17-25-26(18-23)33(43)40(5)15-10-8-7-9-11-22-20-36(22,34(44)45)38-32(25)42/h9,11-14,16,19,22-23,25-26H,7-8,10,15,17-18,20H2,1-6H3,(H,38,42)(H,44,45)/b11-9-/t22-,23-,25-,26?,36-/m1/s1. The van der Waals surface area contributed by atoms with E-state index in [4.69, 9.17) is 19.6 Å². The first-order chi connectivity index (χ1) is 22.3. The van der Waals surface area contributed by atoms with Crippen molar-refractivity contribution >= 4 is 28.7 Å². The Bertz CT molecular complexity index is 1740. The van der Waals surface area contributed by atoms with Gasteiger partial charge in [-0.15, -0.1) is 0 Å². The number of fused-ring (bicyclic) bond motifs is 3. The van der Waals surface area contributed by atoms with Crippen molar-refractivity contribution < 1.29 is 29.0 Å². The number of nitrogens with one attached hydrogen (secondary N) is 1. The van der Waals surface area contributed by atoms with E-state index in [1.54, 1.807) is 23.7 Å². The minimum absolute atomic E-state index is 0.118. The van der Waals surface area contributed by atoms with Crippen LogP contribution in [-0.2, 0) is 19.8 Å². The van der Waals surface area contributed by atoms with Crippen molar-refractivity contribution in [1.82, 2.24) is 25.0 Å². The van der Waals surface area contributed by atoms with Crippen LogP contribution in [0.15, 0.2) is 42.6 Å². The molecule has 0 saturated heterocycles. The number of hydrogen-bond donors (Lipinski definition) is 2. The van der Waals surface area contributed by atoms with Gasteiger partial charge in [0.05, 0.1) is 30.2 Å². The number of carbonyl (C=O) groups is 3. The van der Waals surface area contributed by atoms with Crippen LogP contribution >= 0.6 is 0 Å². The Kier molecular flexibility index (Phi) is 8.52. The molecule has 3 heterocycles. The first-order valence-electron chi connectivity index (χ1n) is 16.5. The lowest BCUT2D eigenvalue weighted by Gasteiger charge is -2.26. The van der Waals surface area contributed by atoms with Crippen LogP contribution < -0.4 is 14.8 Å². The number of amides is 2. The molecule has 2 aliphatic carbocycles. The van der Waals surface area contributed by atoms with Crippen molar-refractivity contribution in [1.29, 1.82) is 0 Å². The van der Waals surface area contributed by atoms with Crippen LogP contribution in [-0.4, -0.2) is 74.9 Å². The van der Waals surface area contributed by atoms with Crippen LogP contribution in [0, 0.1) is 24.7 Å². The molecule has 0 bridgehead atoms. The Labute approximate surface area is 275 Å². The number of pyridine rings is 1. The van der Waals surface area contributed by atoms with Gasteiger partial charge in [0.15, 0.2) is 5.82 Å². The van der Waals surface area contributed by atoms with Gasteiger partial charge in [0.1, 0.15) is 23.1 Å². The molecule has 2 saturated carbocycles. The molecule has 3 aromatic rings. The number of benzene rings is 1. The van der Waals surface area contributed by atoms with Crippen LogP contribution in [0.4, 0.5) is 0 Å². The minimum atomic E-state index is -1.33. The maximum atomic E-state index is 13.9. The summed E-state index contributed by atoms with van der Waals surface area (Å²) >= 11 is 0. The molecule has 2 amide bonds. The summed E-state index contributed by atoms with van der Waals surface area (Å²) in [7, 11) is 3.40. The molecule has 2 N–H and O–H groups in total. The van der Waals surface area contributed by atoms with Gasteiger partial charge in [-0.3, -0.25) is 9.59 Å². The summed E-state index contributed by atoms with van der Waals surface area (Å²) in [5.41, 5.74) is 0.983. The third-order valence-corrected chi connectivity index (χ3v) is 10.0. The van der Waals surface area contributed by atoms with Crippen LogP contribution in [0.25, 0.3) is 16.7 Å². The van der Waals surface area contributed by atoms with Gasteiger partial charge in [-0.05, 0) is 63.6 Å². The number of aromatic nitrogens is 3. The molecule has 1 aliphatic heterocycles. The van der Waals surface area contributed by atoms with Crippen molar-refractivity contribution in [3.05, 3.63) is 53.9 Å². The fraction of sp³-hybridized carbons (Fsp3) is 0.528. The van der Waals surface area contributed by atoms with E-state index >= 15 is 0 Å². The molecule has 0 spiro atoms. The molecular weight excluding hydrogens is 598 g/mol. The Balaban J connectivity index is 1.35. The minimum Gasteiger partial charge on any atom is -0.496 e. The highest BCUT2D eigenvalue weighted by atomic mass is 16.5. The molecule has 6 rings (SSSR count). The van der Waals surface area contributed by atoms with Crippen molar-refractivity contribution in [2.75, 3.05) is 20.7 Å². The van der Waals surface area contributed by atoms with Crippen LogP contribution in [0.3, 0.4) is 0 Å². The Morgan fingerprint density at radius 3 is 2.57 bits per heavy atom. The zero-order valence-corrected chi connectivity index (χ0v) is 28.1. The summed E-state index contributed by atoms with van der Waals surface area (Å²) in [4.78, 5) is 46.7. The quantitative estimate of drug-likeness (QED) is 0.372. The summed E-state index contributed by atoms with van der Waals surface area (Å²) in [6, 6.07) is 7.61. The number of carboxylic acid groups (broad SMARTS) is 1. The van der Waals surface area contributed by atoms with Crippen LogP contribution in [0.2, 0.25) is 0 Å². The van der Waals surface area contributed by atoms with Gasteiger partial charge in [0, 0.05) is 48.1 Å². The highest BCUT2D eigenvalue weighted by Crippen LogP contribution is 2.47. The second-order valence-corrected chi connectivity index (χ2v) is 14.3. The van der Waals surface area contributed by atoms with E-state index in [2.05, 4.69) is 26.1 Å². The van der Waals surface area contributed by atoms with Gasteiger partial charge in [0.25, 0.3) is 0 Å². The summed E-state index contributed by atoms with van der Waals surface area (Å²) in [6.07, 6.45) is 8.78. The number of nitrogens with zero attached hydrogens (tertiary/aromatic N) is 4.